The number of fused-ring (bicyclic) bond motifs is 1. The van der Waals surface area contributed by atoms with Gasteiger partial charge in [-0.15, -0.1) is 0 Å². The minimum absolute atomic E-state index is 0.162. The van der Waals surface area contributed by atoms with E-state index in [9.17, 15) is 0 Å². The molecule has 1 aromatic rings. The van der Waals surface area contributed by atoms with Gasteiger partial charge in [-0.3, -0.25) is 0 Å². The number of amidine groups is 1. The van der Waals surface area contributed by atoms with Crippen LogP contribution in [0.5, 0.6) is 0 Å². The third-order valence-electron chi connectivity index (χ3n) is 2.22. The summed E-state index contributed by atoms with van der Waals surface area (Å²) in [5.74, 6) is 0.162. The van der Waals surface area contributed by atoms with Gasteiger partial charge in [0, 0.05) is 17.8 Å². The van der Waals surface area contributed by atoms with Crippen LogP contribution in [0.3, 0.4) is 0 Å². The molecule has 0 saturated heterocycles. The maximum Gasteiger partial charge on any atom is 0.170 e. The third kappa shape index (κ3) is 1.30. The van der Waals surface area contributed by atoms with E-state index < -0.39 is 0 Å². The Labute approximate surface area is 76.1 Å². The highest BCUT2D eigenvalue weighted by atomic mass is 16.4. The summed E-state index contributed by atoms with van der Waals surface area (Å²) in [6.45, 7) is 0.967. The topological polar surface area (TPSA) is 70.6 Å². The molecule has 2 rings (SSSR count). The first kappa shape index (κ1) is 7.91. The Balaban J connectivity index is 2.41. The first-order chi connectivity index (χ1) is 6.31. The monoisotopic (exact) mass is 177 g/mol. The van der Waals surface area contributed by atoms with Crippen LogP contribution in [-0.4, -0.2) is 17.6 Å². The van der Waals surface area contributed by atoms with Crippen LogP contribution in [0, 0.1) is 0 Å². The standard InChI is InChI=1S/C9H11N3O/c10-9(12-13)7-1-2-8-6(5-7)3-4-11-8/h1-2,5,11,13H,3-4H2,(H2,10,12). The first-order valence-corrected chi connectivity index (χ1v) is 4.16. The quantitative estimate of drug-likeness (QED) is 0.256. The number of nitrogens with one attached hydrogen (secondary N) is 1. The van der Waals surface area contributed by atoms with Gasteiger partial charge in [-0.2, -0.15) is 0 Å². The average molecular weight is 177 g/mol. The summed E-state index contributed by atoms with van der Waals surface area (Å²) in [6, 6.07) is 5.74. The zero-order valence-electron chi connectivity index (χ0n) is 7.12. The molecule has 0 aromatic heterocycles. The van der Waals surface area contributed by atoms with Gasteiger partial charge in [0.2, 0.25) is 0 Å². The molecule has 1 aromatic carbocycles. The number of hydrogen-bond donors (Lipinski definition) is 3. The van der Waals surface area contributed by atoms with Crippen LogP contribution in [0.2, 0.25) is 0 Å². The lowest BCUT2D eigenvalue weighted by molar-refractivity contribution is 0.318. The van der Waals surface area contributed by atoms with Crippen molar-refractivity contribution in [1.82, 2.24) is 0 Å². The molecule has 1 aliphatic heterocycles. The molecule has 1 aliphatic rings. The van der Waals surface area contributed by atoms with Crippen LogP contribution >= 0.6 is 0 Å². The fourth-order valence-electron chi connectivity index (χ4n) is 1.52. The van der Waals surface area contributed by atoms with Crippen molar-refractivity contribution in [3.8, 4) is 0 Å². The molecular formula is C9H11N3O. The fourth-order valence-corrected chi connectivity index (χ4v) is 1.52. The lowest BCUT2D eigenvalue weighted by atomic mass is 10.1. The minimum atomic E-state index is 0.162. The largest absolute Gasteiger partial charge is 0.409 e. The van der Waals surface area contributed by atoms with E-state index in [-0.39, 0.29) is 5.84 Å². The Kier molecular flexibility index (Phi) is 1.81. The van der Waals surface area contributed by atoms with E-state index >= 15 is 0 Å². The Morgan fingerprint density at radius 3 is 3.15 bits per heavy atom. The highest BCUT2D eigenvalue weighted by Crippen LogP contribution is 2.22. The van der Waals surface area contributed by atoms with Gasteiger partial charge in [0.25, 0.3) is 0 Å². The molecule has 0 saturated carbocycles. The number of hydrogen-bond acceptors (Lipinski definition) is 3. The van der Waals surface area contributed by atoms with Crippen molar-refractivity contribution in [3.63, 3.8) is 0 Å². The number of nitrogens with two attached hydrogens (primary N) is 1. The first-order valence-electron chi connectivity index (χ1n) is 4.16. The number of anilines is 1. The minimum Gasteiger partial charge on any atom is -0.409 e. The molecule has 0 bridgehead atoms. The molecule has 0 fully saturated rings. The predicted octanol–water partition coefficient (Wildman–Crippen LogP) is 0.749. The summed E-state index contributed by atoms with van der Waals surface area (Å²) in [5.41, 5.74) is 8.61. The van der Waals surface area contributed by atoms with Gasteiger partial charge >= 0.3 is 0 Å². The Morgan fingerprint density at radius 2 is 2.38 bits per heavy atom. The lowest BCUT2D eigenvalue weighted by Gasteiger charge is -2.02. The van der Waals surface area contributed by atoms with Crippen molar-refractivity contribution in [1.29, 1.82) is 0 Å². The van der Waals surface area contributed by atoms with Crippen LogP contribution < -0.4 is 11.1 Å². The molecule has 13 heavy (non-hydrogen) atoms. The van der Waals surface area contributed by atoms with Crippen molar-refractivity contribution in [2.45, 2.75) is 6.42 Å². The van der Waals surface area contributed by atoms with Crippen LogP contribution in [0.4, 0.5) is 5.69 Å². The maximum atomic E-state index is 8.48. The van der Waals surface area contributed by atoms with E-state index in [4.69, 9.17) is 10.9 Å². The van der Waals surface area contributed by atoms with Crippen LogP contribution in [0.25, 0.3) is 0 Å². The van der Waals surface area contributed by atoms with E-state index in [0.29, 0.717) is 0 Å². The SMILES string of the molecule is N/C(=N\O)c1ccc2c(c1)CCN2. The van der Waals surface area contributed by atoms with E-state index in [1.165, 1.54) is 5.56 Å². The molecule has 0 aliphatic carbocycles. The van der Waals surface area contributed by atoms with Gasteiger partial charge in [-0.25, -0.2) is 0 Å². The fraction of sp³-hybridized carbons (Fsp3) is 0.222. The van der Waals surface area contributed by atoms with Gasteiger partial charge < -0.3 is 16.3 Å². The number of benzene rings is 1. The molecule has 4 N–H and O–H groups in total. The summed E-state index contributed by atoms with van der Waals surface area (Å²) in [6.07, 6.45) is 1.00. The zero-order chi connectivity index (χ0) is 9.26. The summed E-state index contributed by atoms with van der Waals surface area (Å²) in [7, 11) is 0. The molecule has 0 unspecified atom stereocenters. The highest BCUT2D eigenvalue weighted by molar-refractivity contribution is 5.97. The summed E-state index contributed by atoms with van der Waals surface area (Å²) in [5, 5.41) is 14.7. The smallest absolute Gasteiger partial charge is 0.170 e. The van der Waals surface area contributed by atoms with E-state index in [2.05, 4.69) is 10.5 Å². The third-order valence-corrected chi connectivity index (χ3v) is 2.22. The highest BCUT2D eigenvalue weighted by Gasteiger charge is 2.10. The van der Waals surface area contributed by atoms with Gasteiger partial charge in [0.05, 0.1) is 0 Å². The second-order valence-electron chi connectivity index (χ2n) is 3.03. The van der Waals surface area contributed by atoms with Crippen LogP contribution in [-0.2, 0) is 6.42 Å². The Bertz CT molecular complexity index is 360. The predicted molar refractivity (Wildman–Crippen MR) is 51.1 cm³/mol. The summed E-state index contributed by atoms with van der Waals surface area (Å²) < 4.78 is 0. The normalized spacial score (nSPS) is 15.2. The number of rotatable bonds is 1. The number of nitrogens with zero attached hydrogens (tertiary/aromatic N) is 1. The molecule has 4 heteroatoms. The van der Waals surface area contributed by atoms with Gasteiger partial charge in [0.1, 0.15) is 0 Å². The molecule has 0 radical (unpaired) electrons. The van der Waals surface area contributed by atoms with Gasteiger partial charge in [-0.05, 0) is 30.2 Å². The molecule has 0 atom stereocenters. The summed E-state index contributed by atoms with van der Waals surface area (Å²) in [4.78, 5) is 0. The van der Waals surface area contributed by atoms with Crippen LogP contribution in [0.15, 0.2) is 23.4 Å². The second kappa shape index (κ2) is 2.97. The molecule has 0 spiro atoms. The average Bonchev–Trinajstić information content (AvgIpc) is 2.63. The van der Waals surface area contributed by atoms with E-state index in [1.54, 1.807) is 0 Å². The Hall–Kier alpha value is -1.71. The molecular weight excluding hydrogens is 166 g/mol. The summed E-state index contributed by atoms with van der Waals surface area (Å²) >= 11 is 0. The van der Waals surface area contributed by atoms with Crippen LogP contribution in [0.1, 0.15) is 11.1 Å². The van der Waals surface area contributed by atoms with E-state index in [0.717, 1.165) is 24.2 Å². The van der Waals surface area contributed by atoms with E-state index in [1.807, 2.05) is 18.2 Å². The van der Waals surface area contributed by atoms with Gasteiger partial charge in [-0.1, -0.05) is 5.16 Å². The van der Waals surface area contributed by atoms with Crippen molar-refractivity contribution in [3.05, 3.63) is 29.3 Å². The van der Waals surface area contributed by atoms with Crippen molar-refractivity contribution in [2.24, 2.45) is 10.9 Å². The molecule has 4 nitrogen and oxygen atoms in total. The molecule has 68 valence electrons. The van der Waals surface area contributed by atoms with Crippen molar-refractivity contribution < 1.29 is 5.21 Å². The van der Waals surface area contributed by atoms with Crippen molar-refractivity contribution in [2.75, 3.05) is 11.9 Å². The zero-order valence-corrected chi connectivity index (χ0v) is 7.12. The van der Waals surface area contributed by atoms with Gasteiger partial charge in [0.15, 0.2) is 5.84 Å². The maximum absolute atomic E-state index is 8.48. The Morgan fingerprint density at radius 1 is 1.54 bits per heavy atom. The lowest BCUT2D eigenvalue weighted by Crippen LogP contribution is -2.13. The van der Waals surface area contributed by atoms with Crippen molar-refractivity contribution >= 4 is 11.5 Å². The second-order valence-corrected chi connectivity index (χ2v) is 3.03. The molecule has 1 heterocycles. The number of oxime groups is 1. The molecule has 0 amide bonds.